The fourth-order valence-electron chi connectivity index (χ4n) is 8.52. The summed E-state index contributed by atoms with van der Waals surface area (Å²) in [6.07, 6.45) is 21.8. The Kier molecular flexibility index (Phi) is 79.9. The molecule has 0 aliphatic rings. The lowest BCUT2D eigenvalue weighted by Crippen LogP contribution is -2.25. The zero-order valence-electron chi connectivity index (χ0n) is 57.9. The monoisotopic (exact) mass is 1360 g/mol. The maximum absolute atomic E-state index is 11.1. The van der Waals surface area contributed by atoms with Gasteiger partial charge >= 0.3 is 0 Å². The van der Waals surface area contributed by atoms with Crippen LogP contribution in [0.15, 0.2) is 0 Å². The Labute approximate surface area is 557 Å². The number of rotatable bonds is 85. The molecular formula is C66H134O25S. The van der Waals surface area contributed by atoms with Crippen LogP contribution in [0.25, 0.3) is 0 Å². The molecule has 0 heterocycles. The summed E-state index contributed by atoms with van der Waals surface area (Å²) in [6.45, 7) is 24.3. The molecule has 2 unspecified atom stereocenters. The van der Waals surface area contributed by atoms with Gasteiger partial charge in [-0.15, -0.1) is 0 Å². The van der Waals surface area contributed by atoms with Crippen LogP contribution in [0.2, 0.25) is 0 Å². The average molecular weight is 1360 g/mol. The number of methoxy groups -OCH3 is 1. The summed E-state index contributed by atoms with van der Waals surface area (Å²) in [6, 6.07) is 0. The maximum Gasteiger partial charge on any atom is 0.264 e. The molecule has 0 amide bonds. The van der Waals surface area contributed by atoms with Crippen LogP contribution in [0.4, 0.5) is 0 Å². The van der Waals surface area contributed by atoms with Crippen LogP contribution in [-0.4, -0.2) is 309 Å². The average Bonchev–Trinajstić information content (AvgIpc) is 3.69. The second-order valence-corrected chi connectivity index (χ2v) is 23.3. The second kappa shape index (κ2) is 80.7. The van der Waals surface area contributed by atoms with Gasteiger partial charge in [0.25, 0.3) is 10.1 Å². The van der Waals surface area contributed by atoms with Crippen molar-refractivity contribution in [3.63, 3.8) is 0 Å². The largest absolute Gasteiger partial charge is 0.382 e. The first-order valence-corrected chi connectivity index (χ1v) is 36.7. The predicted octanol–water partition coefficient (Wildman–Crippen LogP) is 8.06. The summed E-state index contributed by atoms with van der Waals surface area (Å²) in [5.41, 5.74) is 0. The first-order valence-electron chi connectivity index (χ1n) is 35.1. The smallest absolute Gasteiger partial charge is 0.264 e. The molecule has 26 heteroatoms. The van der Waals surface area contributed by atoms with Crippen LogP contribution in [0, 0.1) is 0 Å². The van der Waals surface area contributed by atoms with E-state index in [9.17, 15) is 8.42 Å². The van der Waals surface area contributed by atoms with Crippen molar-refractivity contribution in [1.29, 1.82) is 0 Å². The highest BCUT2D eigenvalue weighted by Crippen LogP contribution is 2.14. The number of hydrogen-bond acceptors (Lipinski definition) is 24. The van der Waals surface area contributed by atoms with Crippen LogP contribution < -0.4 is 0 Å². The Balaban J connectivity index is 3.70. The van der Waals surface area contributed by atoms with Gasteiger partial charge < -0.3 is 104 Å². The predicted molar refractivity (Wildman–Crippen MR) is 352 cm³/mol. The molecule has 0 saturated heterocycles. The van der Waals surface area contributed by atoms with E-state index in [1.807, 2.05) is 0 Å². The van der Waals surface area contributed by atoms with Gasteiger partial charge in [0.1, 0.15) is 0 Å². The summed E-state index contributed by atoms with van der Waals surface area (Å²) in [5, 5.41) is 0. The molecule has 554 valence electrons. The first-order chi connectivity index (χ1) is 45.4. The van der Waals surface area contributed by atoms with Crippen LogP contribution in [0.3, 0.4) is 0 Å². The lowest BCUT2D eigenvalue weighted by Gasteiger charge is -2.19. The van der Waals surface area contributed by atoms with Crippen LogP contribution >= 0.6 is 0 Å². The van der Waals surface area contributed by atoms with E-state index in [-0.39, 0.29) is 31.0 Å². The summed E-state index contributed by atoms with van der Waals surface area (Å²) >= 11 is 0. The van der Waals surface area contributed by atoms with Gasteiger partial charge in [-0.25, -0.2) is 0 Å². The molecular weight excluding hydrogens is 1220 g/mol. The minimum Gasteiger partial charge on any atom is -0.382 e. The van der Waals surface area contributed by atoms with Crippen molar-refractivity contribution >= 4 is 10.1 Å². The molecule has 2 atom stereocenters. The van der Waals surface area contributed by atoms with Gasteiger partial charge in [-0.05, 0) is 19.3 Å². The van der Waals surface area contributed by atoms with E-state index in [0.717, 1.165) is 32.1 Å². The Morgan fingerprint density at radius 2 is 0.435 bits per heavy atom. The summed E-state index contributed by atoms with van der Waals surface area (Å²) in [5.74, 6) is -0.308. The summed E-state index contributed by atoms with van der Waals surface area (Å²) < 4.78 is 155. The molecule has 0 aliphatic carbocycles. The quantitative estimate of drug-likeness (QED) is 0.0446. The van der Waals surface area contributed by atoms with Crippen molar-refractivity contribution < 1.29 is 117 Å². The van der Waals surface area contributed by atoms with Crippen molar-refractivity contribution in [2.75, 3.05) is 284 Å². The van der Waals surface area contributed by atoms with Crippen LogP contribution in [0.5, 0.6) is 0 Å². The third-order valence-corrected chi connectivity index (χ3v) is 14.4. The van der Waals surface area contributed by atoms with E-state index < -0.39 is 10.1 Å². The highest BCUT2D eigenvalue weighted by molar-refractivity contribution is 7.85. The van der Waals surface area contributed by atoms with Gasteiger partial charge in [-0.2, -0.15) is 8.42 Å². The fourth-order valence-corrected chi connectivity index (χ4v) is 9.01. The first kappa shape index (κ1) is 91.0. The molecule has 0 spiro atoms. The van der Waals surface area contributed by atoms with Gasteiger partial charge in [0.05, 0.1) is 282 Å². The summed E-state index contributed by atoms with van der Waals surface area (Å²) in [7, 11) is -2.35. The Morgan fingerprint density at radius 1 is 0.239 bits per heavy atom. The third-order valence-electron chi connectivity index (χ3n) is 13.6. The molecule has 0 rings (SSSR count). The zero-order chi connectivity index (χ0) is 66.3. The highest BCUT2D eigenvalue weighted by atomic mass is 32.2. The van der Waals surface area contributed by atoms with Gasteiger partial charge in [-0.1, -0.05) is 117 Å². The molecule has 0 bridgehead atoms. The SMILES string of the molecule is CCCCCCCCCCC(COCCCS(=O)(=O)O)OCCOCCOC(CCCCCCCCCC)COCCOCCOCCOCCOCCOCCOCCOCCOCCOCCOCCOCCOCCOCCOCCOCCOCCOC. The van der Waals surface area contributed by atoms with Crippen LogP contribution in [-0.2, 0) is 114 Å². The van der Waals surface area contributed by atoms with Gasteiger partial charge in [0.2, 0.25) is 0 Å². The van der Waals surface area contributed by atoms with Crippen molar-refractivity contribution in [1.82, 2.24) is 0 Å². The van der Waals surface area contributed by atoms with E-state index in [1.54, 1.807) is 7.11 Å². The molecule has 0 radical (unpaired) electrons. The lowest BCUT2D eigenvalue weighted by atomic mass is 10.1. The van der Waals surface area contributed by atoms with Crippen LogP contribution in [0.1, 0.15) is 136 Å². The van der Waals surface area contributed by atoms with Crippen molar-refractivity contribution in [2.24, 2.45) is 0 Å². The van der Waals surface area contributed by atoms with Gasteiger partial charge in [-0.3, -0.25) is 4.55 Å². The number of ether oxygens (including phenoxy) is 22. The standard InChI is InChI=1S/C66H134O25S/c1-4-6-8-10-12-14-16-18-21-65(63-88-23-20-62-92(67,68)69)90-60-58-87-59-61-91-66(22-19-17-15-13-11-9-7-5-2)64-89-57-56-86-55-54-85-53-52-84-51-50-83-49-48-82-47-46-81-45-44-80-43-42-79-41-40-78-39-38-77-37-36-76-35-34-75-33-32-74-31-30-73-29-28-72-27-26-71-25-24-70-3/h65-66H,4-64H2,1-3H3,(H,67,68,69). The molecule has 92 heavy (non-hydrogen) atoms. The Morgan fingerprint density at radius 3 is 0.663 bits per heavy atom. The van der Waals surface area contributed by atoms with E-state index in [2.05, 4.69) is 13.8 Å². The van der Waals surface area contributed by atoms with E-state index in [0.29, 0.717) is 264 Å². The summed E-state index contributed by atoms with van der Waals surface area (Å²) in [4.78, 5) is 0. The Bertz CT molecular complexity index is 1450. The Hall–Kier alpha value is -0.970. The molecule has 0 aromatic heterocycles. The normalized spacial score (nSPS) is 12.7. The van der Waals surface area contributed by atoms with Crippen molar-refractivity contribution in [3.05, 3.63) is 0 Å². The van der Waals surface area contributed by atoms with E-state index in [4.69, 9.17) is 109 Å². The minimum absolute atomic E-state index is 0.0147. The maximum atomic E-state index is 11.1. The molecule has 25 nitrogen and oxygen atoms in total. The molecule has 0 aromatic carbocycles. The van der Waals surface area contributed by atoms with Crippen molar-refractivity contribution in [2.45, 2.75) is 148 Å². The highest BCUT2D eigenvalue weighted by Gasteiger charge is 2.13. The second-order valence-electron chi connectivity index (χ2n) is 21.7. The third kappa shape index (κ3) is 81.5. The molecule has 0 saturated carbocycles. The number of hydrogen-bond donors (Lipinski definition) is 1. The number of unbranched alkanes of at least 4 members (excludes halogenated alkanes) is 14. The molecule has 0 aromatic rings. The van der Waals surface area contributed by atoms with E-state index in [1.165, 1.54) is 83.5 Å². The van der Waals surface area contributed by atoms with Gasteiger partial charge in [0.15, 0.2) is 0 Å². The van der Waals surface area contributed by atoms with Gasteiger partial charge in [0, 0.05) is 13.7 Å². The lowest BCUT2D eigenvalue weighted by molar-refractivity contribution is -0.0671. The zero-order valence-corrected chi connectivity index (χ0v) is 58.8. The molecule has 1 N–H and O–H groups in total. The molecule has 0 fully saturated rings. The van der Waals surface area contributed by atoms with E-state index >= 15 is 0 Å². The minimum atomic E-state index is -3.99. The fraction of sp³-hybridized carbons (Fsp3) is 1.00. The molecule has 0 aliphatic heterocycles. The topological polar surface area (TPSA) is 257 Å². The van der Waals surface area contributed by atoms with Crippen molar-refractivity contribution in [3.8, 4) is 0 Å².